The monoisotopic (exact) mass is 635 g/mol. The molecule has 0 aromatic heterocycles. The van der Waals surface area contributed by atoms with Gasteiger partial charge in [0.15, 0.2) is 0 Å². The highest BCUT2D eigenvalue weighted by molar-refractivity contribution is 14.1. The maximum Gasteiger partial charge on any atom is 0.0540 e. The summed E-state index contributed by atoms with van der Waals surface area (Å²) in [5.41, 5.74) is 9.31. The molecule has 0 heterocycles. The Morgan fingerprint density at radius 1 is 0.686 bits per heavy atom. The topological polar surface area (TPSA) is 3.24 Å². The molecule has 178 valence electrons. The van der Waals surface area contributed by atoms with Crippen molar-refractivity contribution in [1.29, 1.82) is 0 Å². The predicted octanol–water partition coefficient (Wildman–Crippen LogP) is 10.5. The summed E-state index contributed by atoms with van der Waals surface area (Å²) < 4.78 is 2.31. The summed E-state index contributed by atoms with van der Waals surface area (Å²) in [6, 6.07) is 33.2. The van der Waals surface area contributed by atoms with Crippen molar-refractivity contribution >= 4 is 55.6 Å². The highest BCUT2D eigenvalue weighted by atomic mass is 127. The molecule has 0 aliphatic heterocycles. The van der Waals surface area contributed by atoms with E-state index in [1.54, 1.807) is 0 Å². The van der Waals surface area contributed by atoms with Crippen molar-refractivity contribution in [3.63, 3.8) is 0 Å². The second-order valence-electron chi connectivity index (χ2n) is 10.8. The zero-order chi connectivity index (χ0) is 24.8. The standard InChI is InChI=1S/C32H31BrIN/c1-31(2)18-19-32(3,4)27-20-23(14-16-26(27)31)35(24-15-17-28(33)29(34)21-24)30-13-9-8-12-25(30)22-10-6-5-7-11-22/h5-17,20-21H,18-19H2,1-4H3. The molecule has 0 amide bonds. The maximum absolute atomic E-state index is 3.69. The average Bonchev–Trinajstić information content (AvgIpc) is 2.85. The van der Waals surface area contributed by atoms with Crippen LogP contribution in [0.3, 0.4) is 0 Å². The first kappa shape index (κ1) is 24.6. The number of rotatable bonds is 4. The lowest BCUT2D eigenvalue weighted by Crippen LogP contribution is -2.34. The zero-order valence-electron chi connectivity index (χ0n) is 20.8. The molecule has 0 atom stereocenters. The first-order valence-corrected chi connectivity index (χ1v) is 14.1. The fraction of sp³-hybridized carbons (Fsp3) is 0.250. The van der Waals surface area contributed by atoms with E-state index < -0.39 is 0 Å². The van der Waals surface area contributed by atoms with Crippen LogP contribution in [0.15, 0.2) is 95.5 Å². The van der Waals surface area contributed by atoms with Crippen LogP contribution >= 0.6 is 38.5 Å². The molecule has 0 bridgehead atoms. The molecule has 4 aromatic rings. The largest absolute Gasteiger partial charge is 0.310 e. The maximum atomic E-state index is 3.69. The van der Waals surface area contributed by atoms with Gasteiger partial charge in [-0.1, -0.05) is 82.3 Å². The molecule has 0 saturated carbocycles. The summed E-state index contributed by atoms with van der Waals surface area (Å²) in [7, 11) is 0. The molecule has 35 heavy (non-hydrogen) atoms. The predicted molar refractivity (Wildman–Crippen MR) is 162 cm³/mol. The minimum atomic E-state index is 0.152. The SMILES string of the molecule is CC1(C)CCC(C)(C)c2cc(N(c3ccc(Br)c(I)c3)c3ccccc3-c3ccccc3)ccc21. The van der Waals surface area contributed by atoms with Crippen LogP contribution in [0.2, 0.25) is 0 Å². The fourth-order valence-corrected chi connectivity index (χ4v) is 6.04. The smallest absolute Gasteiger partial charge is 0.0540 e. The number of fused-ring (bicyclic) bond motifs is 1. The minimum Gasteiger partial charge on any atom is -0.310 e. The Balaban J connectivity index is 1.76. The summed E-state index contributed by atoms with van der Waals surface area (Å²) in [6.45, 7) is 9.58. The summed E-state index contributed by atoms with van der Waals surface area (Å²) >= 11 is 6.11. The van der Waals surface area contributed by atoms with Gasteiger partial charge in [-0.2, -0.15) is 0 Å². The van der Waals surface area contributed by atoms with Gasteiger partial charge < -0.3 is 4.90 Å². The van der Waals surface area contributed by atoms with Gasteiger partial charge in [-0.3, -0.25) is 0 Å². The molecule has 0 spiro atoms. The van der Waals surface area contributed by atoms with Crippen molar-refractivity contribution in [2.24, 2.45) is 0 Å². The number of para-hydroxylation sites is 1. The van der Waals surface area contributed by atoms with Gasteiger partial charge in [-0.05, 0) is 115 Å². The Labute approximate surface area is 231 Å². The zero-order valence-corrected chi connectivity index (χ0v) is 24.5. The van der Waals surface area contributed by atoms with Crippen LogP contribution in [0.1, 0.15) is 51.7 Å². The third-order valence-corrected chi connectivity index (χ3v) is 9.81. The van der Waals surface area contributed by atoms with Crippen molar-refractivity contribution < 1.29 is 0 Å². The lowest BCUT2D eigenvalue weighted by Gasteiger charge is -2.42. The van der Waals surface area contributed by atoms with Gasteiger partial charge in [0.1, 0.15) is 0 Å². The van der Waals surface area contributed by atoms with Gasteiger partial charge in [0, 0.05) is 25.0 Å². The van der Waals surface area contributed by atoms with Crippen molar-refractivity contribution in [2.75, 3.05) is 4.90 Å². The molecule has 1 aliphatic rings. The molecule has 0 saturated heterocycles. The van der Waals surface area contributed by atoms with Crippen LogP contribution in [-0.2, 0) is 10.8 Å². The Hall–Kier alpha value is -2.11. The average molecular weight is 636 g/mol. The lowest BCUT2D eigenvalue weighted by atomic mass is 9.63. The molecule has 4 aromatic carbocycles. The molecule has 0 radical (unpaired) electrons. The third kappa shape index (κ3) is 4.70. The van der Waals surface area contributed by atoms with Gasteiger partial charge >= 0.3 is 0 Å². The van der Waals surface area contributed by atoms with Gasteiger partial charge in [0.25, 0.3) is 0 Å². The van der Waals surface area contributed by atoms with Crippen LogP contribution in [-0.4, -0.2) is 0 Å². The number of hydrogen-bond acceptors (Lipinski definition) is 1. The number of benzene rings is 4. The van der Waals surface area contributed by atoms with Crippen LogP contribution in [0.5, 0.6) is 0 Å². The van der Waals surface area contributed by atoms with Crippen LogP contribution in [0, 0.1) is 3.57 Å². The first-order valence-electron chi connectivity index (χ1n) is 12.2. The van der Waals surface area contributed by atoms with E-state index in [0.717, 1.165) is 10.2 Å². The summed E-state index contributed by atoms with van der Waals surface area (Å²) in [6.07, 6.45) is 2.42. The number of halogens is 2. The Bertz CT molecular complexity index is 1370. The van der Waals surface area contributed by atoms with E-state index in [2.05, 4.69) is 162 Å². The lowest BCUT2D eigenvalue weighted by molar-refractivity contribution is 0.332. The molecular weight excluding hydrogens is 605 g/mol. The molecule has 0 fully saturated rings. The molecule has 5 rings (SSSR count). The summed E-state index contributed by atoms with van der Waals surface area (Å²) in [5, 5.41) is 0. The summed E-state index contributed by atoms with van der Waals surface area (Å²) in [4.78, 5) is 2.43. The molecular formula is C32H31BrIN. The van der Waals surface area contributed by atoms with Gasteiger partial charge in [-0.25, -0.2) is 0 Å². The van der Waals surface area contributed by atoms with Crippen molar-refractivity contribution in [3.05, 3.63) is 110 Å². The number of anilines is 3. The third-order valence-electron chi connectivity index (χ3n) is 7.49. The van der Waals surface area contributed by atoms with E-state index in [4.69, 9.17) is 0 Å². The van der Waals surface area contributed by atoms with Crippen molar-refractivity contribution in [3.8, 4) is 11.1 Å². The van der Waals surface area contributed by atoms with Gasteiger partial charge in [0.2, 0.25) is 0 Å². The quantitative estimate of drug-likeness (QED) is 0.202. The molecule has 0 N–H and O–H groups in total. The Kier molecular flexibility index (Phi) is 6.60. The first-order chi connectivity index (χ1) is 16.7. The second kappa shape index (κ2) is 9.40. The van der Waals surface area contributed by atoms with Crippen LogP contribution in [0.25, 0.3) is 11.1 Å². The van der Waals surface area contributed by atoms with Crippen LogP contribution < -0.4 is 4.90 Å². The number of hydrogen-bond donors (Lipinski definition) is 0. The highest BCUT2D eigenvalue weighted by Gasteiger charge is 2.37. The van der Waals surface area contributed by atoms with Crippen LogP contribution in [0.4, 0.5) is 17.1 Å². The van der Waals surface area contributed by atoms with Gasteiger partial charge in [0.05, 0.1) is 5.69 Å². The minimum absolute atomic E-state index is 0.152. The second-order valence-corrected chi connectivity index (χ2v) is 12.8. The van der Waals surface area contributed by atoms with E-state index >= 15 is 0 Å². The normalized spacial score (nSPS) is 15.9. The van der Waals surface area contributed by atoms with Crippen molar-refractivity contribution in [2.45, 2.75) is 51.4 Å². The molecule has 0 unspecified atom stereocenters. The van der Waals surface area contributed by atoms with E-state index in [0.29, 0.717) is 0 Å². The molecule has 1 aliphatic carbocycles. The van der Waals surface area contributed by atoms with Gasteiger partial charge in [-0.15, -0.1) is 0 Å². The van der Waals surface area contributed by atoms with E-state index in [9.17, 15) is 0 Å². The Morgan fingerprint density at radius 2 is 1.29 bits per heavy atom. The van der Waals surface area contributed by atoms with E-state index in [1.807, 2.05) is 0 Å². The van der Waals surface area contributed by atoms with E-state index in [1.165, 1.54) is 50.0 Å². The fourth-order valence-electron chi connectivity index (χ4n) is 5.30. The number of nitrogens with zero attached hydrogens (tertiary/aromatic N) is 1. The molecule has 3 heteroatoms. The molecule has 1 nitrogen and oxygen atoms in total. The van der Waals surface area contributed by atoms with Crippen molar-refractivity contribution in [1.82, 2.24) is 0 Å². The Morgan fingerprint density at radius 3 is 2.00 bits per heavy atom. The van der Waals surface area contributed by atoms with E-state index in [-0.39, 0.29) is 10.8 Å². The highest BCUT2D eigenvalue weighted by Crippen LogP contribution is 2.49. The summed E-state index contributed by atoms with van der Waals surface area (Å²) in [5.74, 6) is 0.